The minimum Gasteiger partial charge on any atom is -0.494 e. The van der Waals surface area contributed by atoms with E-state index in [1.54, 1.807) is 6.07 Å². The van der Waals surface area contributed by atoms with Gasteiger partial charge in [-0.15, -0.1) is 0 Å². The molecule has 0 saturated heterocycles. The summed E-state index contributed by atoms with van der Waals surface area (Å²) in [7, 11) is 0. The van der Waals surface area contributed by atoms with Crippen molar-refractivity contribution >= 4 is 5.91 Å². The number of benzene rings is 1. The van der Waals surface area contributed by atoms with Crippen LogP contribution in [-0.2, 0) is 6.54 Å². The molecule has 1 N–H and O–H groups in total. The third-order valence-corrected chi connectivity index (χ3v) is 3.60. The first kappa shape index (κ1) is 17.4. The molecule has 0 atom stereocenters. The minimum absolute atomic E-state index is 0.119. The summed E-state index contributed by atoms with van der Waals surface area (Å²) >= 11 is 0. The van der Waals surface area contributed by atoms with E-state index in [0.717, 1.165) is 11.3 Å². The lowest BCUT2D eigenvalue weighted by Gasteiger charge is -2.08. The fourth-order valence-electron chi connectivity index (χ4n) is 2.35. The van der Waals surface area contributed by atoms with E-state index in [2.05, 4.69) is 15.6 Å². The van der Waals surface area contributed by atoms with Crippen molar-refractivity contribution < 1.29 is 14.1 Å². The zero-order valence-electron chi connectivity index (χ0n) is 14.2. The van der Waals surface area contributed by atoms with E-state index in [1.807, 2.05) is 31.2 Å². The summed E-state index contributed by atoms with van der Waals surface area (Å²) in [6.45, 7) is 3.00. The van der Waals surface area contributed by atoms with E-state index in [9.17, 15) is 9.59 Å². The molecule has 0 unspecified atom stereocenters. The molecule has 8 heteroatoms. The maximum absolute atomic E-state index is 12.0. The summed E-state index contributed by atoms with van der Waals surface area (Å²) in [6, 6.07) is 12.1. The molecular weight excluding hydrogens is 336 g/mol. The Morgan fingerprint density at radius 1 is 1.19 bits per heavy atom. The first-order valence-electron chi connectivity index (χ1n) is 8.17. The molecule has 0 aliphatic rings. The number of amides is 1. The highest BCUT2D eigenvalue weighted by Gasteiger charge is 2.09. The van der Waals surface area contributed by atoms with Crippen LogP contribution in [0.25, 0.3) is 11.3 Å². The van der Waals surface area contributed by atoms with Crippen molar-refractivity contribution in [3.63, 3.8) is 0 Å². The van der Waals surface area contributed by atoms with E-state index in [4.69, 9.17) is 9.26 Å². The van der Waals surface area contributed by atoms with Gasteiger partial charge in [-0.3, -0.25) is 9.59 Å². The summed E-state index contributed by atoms with van der Waals surface area (Å²) in [5.41, 5.74) is 1.29. The highest BCUT2D eigenvalue weighted by atomic mass is 16.5. The molecule has 2 heterocycles. The molecule has 0 aliphatic carbocycles. The number of carbonyl (C=O) groups excluding carboxylic acids is 1. The number of hydrogen-bond donors (Lipinski definition) is 1. The summed E-state index contributed by atoms with van der Waals surface area (Å²) in [5.74, 6) is 0.506. The van der Waals surface area contributed by atoms with Gasteiger partial charge in [0.25, 0.3) is 11.5 Å². The lowest BCUT2D eigenvalue weighted by molar-refractivity contribution is 0.0915. The Morgan fingerprint density at radius 2 is 2.00 bits per heavy atom. The van der Waals surface area contributed by atoms with E-state index in [0.29, 0.717) is 12.3 Å². The summed E-state index contributed by atoms with van der Waals surface area (Å²) in [6.07, 6.45) is 1.39. The quantitative estimate of drug-likeness (QED) is 0.694. The second-order valence-corrected chi connectivity index (χ2v) is 5.37. The smallest absolute Gasteiger partial charge is 0.289 e. The Labute approximate surface area is 149 Å². The van der Waals surface area contributed by atoms with Crippen molar-refractivity contribution in [3.8, 4) is 17.0 Å². The van der Waals surface area contributed by atoms with Crippen molar-refractivity contribution in [3.05, 3.63) is 64.8 Å². The van der Waals surface area contributed by atoms with E-state index >= 15 is 0 Å². The summed E-state index contributed by atoms with van der Waals surface area (Å²) < 4.78 is 11.5. The Morgan fingerprint density at radius 3 is 2.69 bits per heavy atom. The number of nitrogens with zero attached hydrogens (tertiary/aromatic N) is 3. The Hall–Kier alpha value is -3.42. The van der Waals surface area contributed by atoms with Crippen LogP contribution in [0.2, 0.25) is 0 Å². The number of ether oxygens (including phenoxy) is 1. The zero-order chi connectivity index (χ0) is 18.4. The number of nitrogens with one attached hydrogen (secondary N) is 1. The van der Waals surface area contributed by atoms with Crippen LogP contribution in [0.4, 0.5) is 0 Å². The molecule has 0 fully saturated rings. The lowest BCUT2D eigenvalue weighted by Crippen LogP contribution is -2.31. The molecule has 0 radical (unpaired) electrons. The van der Waals surface area contributed by atoms with E-state index < -0.39 is 5.91 Å². The highest BCUT2D eigenvalue weighted by Crippen LogP contribution is 2.19. The van der Waals surface area contributed by atoms with Crippen LogP contribution in [0.15, 0.2) is 58.0 Å². The fraction of sp³-hybridized carbons (Fsp3) is 0.222. The van der Waals surface area contributed by atoms with Gasteiger partial charge in [-0.2, -0.15) is 5.10 Å². The standard InChI is InChI=1S/C18H18N4O4/c1-2-25-14-5-3-13(4-6-14)15-7-8-17(23)22(21-15)12-11-19-18(24)16-9-10-20-26-16/h3-10H,2,11-12H2,1H3,(H,19,24). The molecule has 3 rings (SSSR count). The van der Waals surface area contributed by atoms with Crippen molar-refractivity contribution in [2.45, 2.75) is 13.5 Å². The van der Waals surface area contributed by atoms with Crippen molar-refractivity contribution in [1.29, 1.82) is 0 Å². The average molecular weight is 354 g/mol. The lowest BCUT2D eigenvalue weighted by atomic mass is 10.1. The third-order valence-electron chi connectivity index (χ3n) is 3.60. The Bertz CT molecular complexity index is 917. The van der Waals surface area contributed by atoms with Crippen molar-refractivity contribution in [2.24, 2.45) is 0 Å². The van der Waals surface area contributed by atoms with Gasteiger partial charge in [0.05, 0.1) is 25.0 Å². The van der Waals surface area contributed by atoms with Gasteiger partial charge in [0.1, 0.15) is 5.75 Å². The Balaban J connectivity index is 1.67. The van der Waals surface area contributed by atoms with Gasteiger partial charge in [-0.1, -0.05) is 5.16 Å². The van der Waals surface area contributed by atoms with Gasteiger partial charge in [0, 0.05) is 24.2 Å². The normalized spacial score (nSPS) is 10.5. The molecule has 2 aromatic heterocycles. The first-order chi connectivity index (χ1) is 12.7. The van der Waals surface area contributed by atoms with Gasteiger partial charge in [0.2, 0.25) is 5.76 Å². The highest BCUT2D eigenvalue weighted by molar-refractivity contribution is 5.91. The van der Waals surface area contributed by atoms with Crippen LogP contribution >= 0.6 is 0 Å². The summed E-state index contributed by atoms with van der Waals surface area (Å²) in [4.78, 5) is 23.8. The third kappa shape index (κ3) is 4.15. The molecule has 134 valence electrons. The van der Waals surface area contributed by atoms with Gasteiger partial charge in [-0.25, -0.2) is 4.68 Å². The minimum atomic E-state index is -0.391. The number of rotatable bonds is 7. The van der Waals surface area contributed by atoms with Crippen molar-refractivity contribution in [1.82, 2.24) is 20.3 Å². The molecule has 0 aliphatic heterocycles. The van der Waals surface area contributed by atoms with E-state index in [-0.39, 0.29) is 24.4 Å². The van der Waals surface area contributed by atoms with Gasteiger partial charge < -0.3 is 14.6 Å². The topological polar surface area (TPSA) is 99.2 Å². The average Bonchev–Trinajstić information content (AvgIpc) is 3.19. The van der Waals surface area contributed by atoms with Crippen molar-refractivity contribution in [2.75, 3.05) is 13.2 Å². The zero-order valence-corrected chi connectivity index (χ0v) is 14.2. The predicted molar refractivity (Wildman–Crippen MR) is 93.9 cm³/mol. The van der Waals surface area contributed by atoms with Crippen LogP contribution in [0.1, 0.15) is 17.5 Å². The Kier molecular flexibility index (Phi) is 5.43. The second kappa shape index (κ2) is 8.11. The molecule has 0 saturated carbocycles. The van der Waals surface area contributed by atoms with Crippen LogP contribution in [0, 0.1) is 0 Å². The van der Waals surface area contributed by atoms with Gasteiger partial charge in [-0.05, 0) is 37.3 Å². The molecule has 0 spiro atoms. The number of carbonyl (C=O) groups is 1. The molecule has 1 aromatic carbocycles. The van der Waals surface area contributed by atoms with Gasteiger partial charge >= 0.3 is 0 Å². The number of hydrogen-bond acceptors (Lipinski definition) is 6. The molecule has 26 heavy (non-hydrogen) atoms. The maximum Gasteiger partial charge on any atom is 0.289 e. The molecule has 1 amide bonds. The molecule has 0 bridgehead atoms. The monoisotopic (exact) mass is 354 g/mol. The van der Waals surface area contributed by atoms with Crippen LogP contribution in [0.3, 0.4) is 0 Å². The molecule has 3 aromatic rings. The van der Waals surface area contributed by atoms with Gasteiger partial charge in [0.15, 0.2) is 0 Å². The van der Waals surface area contributed by atoms with Crippen LogP contribution < -0.4 is 15.6 Å². The van der Waals surface area contributed by atoms with Crippen LogP contribution in [-0.4, -0.2) is 34.0 Å². The SMILES string of the molecule is CCOc1ccc(-c2ccc(=O)n(CCNC(=O)c3ccno3)n2)cc1. The number of aromatic nitrogens is 3. The fourth-order valence-corrected chi connectivity index (χ4v) is 2.35. The molecular formula is C18H18N4O4. The summed E-state index contributed by atoms with van der Waals surface area (Å²) in [5, 5.41) is 10.5. The second-order valence-electron chi connectivity index (χ2n) is 5.37. The maximum atomic E-state index is 12.0. The van der Waals surface area contributed by atoms with E-state index in [1.165, 1.54) is 23.0 Å². The van der Waals surface area contributed by atoms with Crippen LogP contribution in [0.5, 0.6) is 5.75 Å². The molecule has 8 nitrogen and oxygen atoms in total. The predicted octanol–water partition coefficient (Wildman–Crippen LogP) is 1.73. The largest absolute Gasteiger partial charge is 0.494 e. The first-order valence-corrected chi connectivity index (χ1v) is 8.17.